The van der Waals surface area contributed by atoms with Gasteiger partial charge in [-0.25, -0.2) is 0 Å². The van der Waals surface area contributed by atoms with Gasteiger partial charge in [0.1, 0.15) is 5.75 Å². The standard InChI is InChI=1S/C15H23NO/c1-3-12-7-8-14(9-12)16-11(2)13-5-4-6-15(17)10-13/h4-6,10-12,14,16-17H,3,7-9H2,1-2H3. The van der Waals surface area contributed by atoms with Crippen molar-refractivity contribution in [1.82, 2.24) is 5.32 Å². The number of benzene rings is 1. The van der Waals surface area contributed by atoms with E-state index in [4.69, 9.17) is 0 Å². The molecule has 1 saturated carbocycles. The Bertz CT molecular complexity index is 364. The molecule has 2 nitrogen and oxygen atoms in total. The zero-order valence-electron chi connectivity index (χ0n) is 10.8. The Kier molecular flexibility index (Phi) is 4.06. The first-order chi connectivity index (χ1) is 8.19. The van der Waals surface area contributed by atoms with Crippen LogP contribution in [0.25, 0.3) is 0 Å². The van der Waals surface area contributed by atoms with Crippen LogP contribution in [0.4, 0.5) is 0 Å². The summed E-state index contributed by atoms with van der Waals surface area (Å²) in [5.74, 6) is 1.26. The molecular weight excluding hydrogens is 210 g/mol. The molecule has 0 bridgehead atoms. The molecule has 3 unspecified atom stereocenters. The summed E-state index contributed by atoms with van der Waals surface area (Å²) < 4.78 is 0. The first kappa shape index (κ1) is 12.4. The van der Waals surface area contributed by atoms with E-state index in [-0.39, 0.29) is 0 Å². The van der Waals surface area contributed by atoms with Crippen LogP contribution in [0.1, 0.15) is 51.1 Å². The number of phenolic OH excluding ortho intramolecular Hbond substituents is 1. The number of rotatable bonds is 4. The van der Waals surface area contributed by atoms with Crippen molar-refractivity contribution in [3.05, 3.63) is 29.8 Å². The predicted octanol–water partition coefficient (Wildman–Crippen LogP) is 3.62. The predicted molar refractivity (Wildman–Crippen MR) is 71.1 cm³/mol. The van der Waals surface area contributed by atoms with E-state index in [2.05, 4.69) is 25.2 Å². The molecule has 0 radical (unpaired) electrons. The van der Waals surface area contributed by atoms with Gasteiger partial charge in [0, 0.05) is 12.1 Å². The van der Waals surface area contributed by atoms with Gasteiger partial charge < -0.3 is 10.4 Å². The van der Waals surface area contributed by atoms with Gasteiger partial charge >= 0.3 is 0 Å². The molecule has 3 atom stereocenters. The molecule has 2 rings (SSSR count). The van der Waals surface area contributed by atoms with Crippen LogP contribution in [0, 0.1) is 5.92 Å². The number of aromatic hydroxyl groups is 1. The molecule has 1 aliphatic carbocycles. The second kappa shape index (κ2) is 5.54. The maximum absolute atomic E-state index is 9.48. The number of phenols is 1. The highest BCUT2D eigenvalue weighted by Crippen LogP contribution is 2.29. The van der Waals surface area contributed by atoms with Gasteiger partial charge in [-0.3, -0.25) is 0 Å². The Morgan fingerprint density at radius 1 is 1.41 bits per heavy atom. The third kappa shape index (κ3) is 3.22. The highest BCUT2D eigenvalue weighted by Gasteiger charge is 2.24. The summed E-state index contributed by atoms with van der Waals surface area (Å²) in [5.41, 5.74) is 1.17. The average Bonchev–Trinajstić information content (AvgIpc) is 2.77. The lowest BCUT2D eigenvalue weighted by Gasteiger charge is -2.20. The van der Waals surface area contributed by atoms with E-state index < -0.39 is 0 Å². The minimum atomic E-state index is 0.322. The van der Waals surface area contributed by atoms with E-state index in [1.54, 1.807) is 6.07 Å². The Hall–Kier alpha value is -1.02. The monoisotopic (exact) mass is 233 g/mol. The fraction of sp³-hybridized carbons (Fsp3) is 0.600. The Balaban J connectivity index is 1.91. The summed E-state index contributed by atoms with van der Waals surface area (Å²) in [6, 6.07) is 8.53. The minimum Gasteiger partial charge on any atom is -0.508 e. The molecule has 0 saturated heterocycles. The SMILES string of the molecule is CCC1CCC(NC(C)c2cccc(O)c2)C1. The summed E-state index contributed by atoms with van der Waals surface area (Å²) in [5, 5.41) is 13.2. The molecule has 0 aliphatic heterocycles. The Morgan fingerprint density at radius 2 is 2.24 bits per heavy atom. The zero-order chi connectivity index (χ0) is 12.3. The number of hydrogen-bond donors (Lipinski definition) is 2. The molecule has 1 aliphatic rings. The molecule has 0 heterocycles. The van der Waals surface area contributed by atoms with Gasteiger partial charge in [-0.2, -0.15) is 0 Å². The van der Waals surface area contributed by atoms with Crippen molar-refractivity contribution in [2.45, 2.75) is 51.6 Å². The lowest BCUT2D eigenvalue weighted by molar-refractivity contribution is 0.434. The first-order valence-corrected chi connectivity index (χ1v) is 6.74. The fourth-order valence-corrected chi connectivity index (χ4v) is 2.84. The van der Waals surface area contributed by atoms with Crippen LogP contribution in [0.3, 0.4) is 0 Å². The van der Waals surface area contributed by atoms with Crippen molar-refractivity contribution in [1.29, 1.82) is 0 Å². The summed E-state index contributed by atoms with van der Waals surface area (Å²) in [4.78, 5) is 0. The van der Waals surface area contributed by atoms with Crippen molar-refractivity contribution in [3.8, 4) is 5.75 Å². The van der Waals surface area contributed by atoms with Gasteiger partial charge in [-0.1, -0.05) is 25.5 Å². The van der Waals surface area contributed by atoms with Crippen LogP contribution in [-0.2, 0) is 0 Å². The molecule has 0 amide bonds. The van der Waals surface area contributed by atoms with Gasteiger partial charge in [-0.05, 0) is 49.8 Å². The molecule has 94 valence electrons. The molecule has 0 aromatic heterocycles. The minimum absolute atomic E-state index is 0.322. The van der Waals surface area contributed by atoms with Gasteiger partial charge in [0.25, 0.3) is 0 Å². The van der Waals surface area contributed by atoms with Crippen molar-refractivity contribution in [2.75, 3.05) is 0 Å². The summed E-state index contributed by atoms with van der Waals surface area (Å²) in [7, 11) is 0. The van der Waals surface area contributed by atoms with Crippen molar-refractivity contribution in [2.24, 2.45) is 5.92 Å². The Morgan fingerprint density at radius 3 is 2.88 bits per heavy atom. The molecule has 1 aromatic carbocycles. The second-order valence-electron chi connectivity index (χ2n) is 5.27. The second-order valence-corrected chi connectivity index (χ2v) is 5.27. The van der Waals surface area contributed by atoms with Crippen LogP contribution < -0.4 is 5.32 Å². The zero-order valence-corrected chi connectivity index (χ0v) is 10.8. The molecule has 1 fully saturated rings. The van der Waals surface area contributed by atoms with Crippen molar-refractivity contribution < 1.29 is 5.11 Å². The van der Waals surface area contributed by atoms with Crippen molar-refractivity contribution >= 4 is 0 Å². The van der Waals surface area contributed by atoms with Crippen LogP contribution in [0.5, 0.6) is 5.75 Å². The summed E-state index contributed by atoms with van der Waals surface area (Å²) in [6.45, 7) is 4.46. The normalized spacial score (nSPS) is 26.0. The third-order valence-corrected chi connectivity index (χ3v) is 3.97. The summed E-state index contributed by atoms with van der Waals surface area (Å²) >= 11 is 0. The fourth-order valence-electron chi connectivity index (χ4n) is 2.84. The smallest absolute Gasteiger partial charge is 0.115 e. The van der Waals surface area contributed by atoms with Gasteiger partial charge in [0.05, 0.1) is 0 Å². The summed E-state index contributed by atoms with van der Waals surface area (Å²) in [6.07, 6.45) is 5.26. The maximum atomic E-state index is 9.48. The van der Waals surface area contributed by atoms with Crippen LogP contribution in [0.15, 0.2) is 24.3 Å². The molecular formula is C15H23NO. The lowest BCUT2D eigenvalue weighted by atomic mass is 10.0. The van der Waals surface area contributed by atoms with E-state index in [0.29, 0.717) is 17.8 Å². The van der Waals surface area contributed by atoms with Crippen molar-refractivity contribution in [3.63, 3.8) is 0 Å². The highest BCUT2D eigenvalue weighted by atomic mass is 16.3. The molecule has 0 spiro atoms. The van der Waals surface area contributed by atoms with Gasteiger partial charge in [0.15, 0.2) is 0 Å². The molecule has 17 heavy (non-hydrogen) atoms. The van der Waals surface area contributed by atoms with E-state index in [9.17, 15) is 5.11 Å². The van der Waals surface area contributed by atoms with Gasteiger partial charge in [-0.15, -0.1) is 0 Å². The van der Waals surface area contributed by atoms with Crippen LogP contribution in [-0.4, -0.2) is 11.1 Å². The maximum Gasteiger partial charge on any atom is 0.115 e. The molecule has 1 aromatic rings. The van der Waals surface area contributed by atoms with Crippen LogP contribution in [0.2, 0.25) is 0 Å². The van der Waals surface area contributed by atoms with E-state index in [1.807, 2.05) is 12.1 Å². The highest BCUT2D eigenvalue weighted by molar-refractivity contribution is 5.29. The van der Waals surface area contributed by atoms with E-state index in [1.165, 1.54) is 31.2 Å². The van der Waals surface area contributed by atoms with Crippen LogP contribution >= 0.6 is 0 Å². The molecule has 2 heteroatoms. The quantitative estimate of drug-likeness (QED) is 0.832. The largest absolute Gasteiger partial charge is 0.508 e. The third-order valence-electron chi connectivity index (χ3n) is 3.97. The number of nitrogens with one attached hydrogen (secondary N) is 1. The Labute approximate surface area is 104 Å². The lowest BCUT2D eigenvalue weighted by Crippen LogP contribution is -2.29. The van der Waals surface area contributed by atoms with Gasteiger partial charge in [0.2, 0.25) is 0 Å². The number of hydrogen-bond acceptors (Lipinski definition) is 2. The first-order valence-electron chi connectivity index (χ1n) is 6.74. The topological polar surface area (TPSA) is 32.3 Å². The molecule has 2 N–H and O–H groups in total. The average molecular weight is 233 g/mol. The van der Waals surface area contributed by atoms with E-state index >= 15 is 0 Å². The van der Waals surface area contributed by atoms with E-state index in [0.717, 1.165) is 5.92 Å².